The molecule has 0 N–H and O–H groups in total. The number of carbonyl (C=O) groups is 1. The third-order valence-electron chi connectivity index (χ3n) is 6.68. The maximum absolute atomic E-state index is 11.5. The highest BCUT2D eigenvalue weighted by Gasteiger charge is 2.61. The highest BCUT2D eigenvalue weighted by Crippen LogP contribution is 2.63. The van der Waals surface area contributed by atoms with E-state index in [1.165, 1.54) is 12.5 Å². The van der Waals surface area contributed by atoms with Crippen LogP contribution < -0.4 is 0 Å². The highest BCUT2D eigenvalue weighted by atomic mass is 16.8. The molecule has 6 atom stereocenters. The van der Waals surface area contributed by atoms with E-state index in [4.69, 9.17) is 18.9 Å². The lowest BCUT2D eigenvalue weighted by atomic mass is 9.48. The molecule has 0 aromatic rings. The SMILES string of the molecule is CO[C@H]1O[C@@H](OC)[C@H]2C1=CCC1C(C)(C)[C@@H](OC(C)=O)CC[C@@]12C. The van der Waals surface area contributed by atoms with Gasteiger partial charge in [0.25, 0.3) is 0 Å². The predicted molar refractivity (Wildman–Crippen MR) is 89.0 cm³/mol. The lowest BCUT2D eigenvalue weighted by molar-refractivity contribution is -0.213. The Morgan fingerprint density at radius 3 is 2.54 bits per heavy atom. The summed E-state index contributed by atoms with van der Waals surface area (Å²) in [5, 5.41) is 0. The average molecular weight is 338 g/mol. The van der Waals surface area contributed by atoms with Crippen molar-refractivity contribution in [2.24, 2.45) is 22.7 Å². The van der Waals surface area contributed by atoms with Gasteiger partial charge in [-0.2, -0.15) is 0 Å². The molecule has 24 heavy (non-hydrogen) atoms. The van der Waals surface area contributed by atoms with E-state index in [0.29, 0.717) is 5.92 Å². The summed E-state index contributed by atoms with van der Waals surface area (Å²) in [6.45, 7) is 8.30. The van der Waals surface area contributed by atoms with E-state index < -0.39 is 0 Å². The number of carbonyl (C=O) groups excluding carboxylic acids is 1. The number of methoxy groups -OCH3 is 2. The second-order valence-corrected chi connectivity index (χ2v) is 8.24. The Bertz CT molecular complexity index is 540. The van der Waals surface area contributed by atoms with Crippen molar-refractivity contribution in [3.05, 3.63) is 11.6 Å². The van der Waals surface area contributed by atoms with E-state index in [1.54, 1.807) is 14.2 Å². The predicted octanol–water partition coefficient (Wildman–Crippen LogP) is 3.28. The van der Waals surface area contributed by atoms with Crippen LogP contribution in [0.5, 0.6) is 0 Å². The summed E-state index contributed by atoms with van der Waals surface area (Å²) in [7, 11) is 3.37. The zero-order chi connectivity index (χ0) is 17.7. The van der Waals surface area contributed by atoms with Gasteiger partial charge in [-0.1, -0.05) is 26.8 Å². The van der Waals surface area contributed by atoms with E-state index in [9.17, 15) is 4.79 Å². The van der Waals surface area contributed by atoms with Gasteiger partial charge >= 0.3 is 5.97 Å². The van der Waals surface area contributed by atoms with Crippen LogP contribution in [0.3, 0.4) is 0 Å². The molecule has 1 saturated heterocycles. The molecule has 0 radical (unpaired) electrons. The normalized spacial score (nSPS) is 43.6. The molecular weight excluding hydrogens is 308 g/mol. The summed E-state index contributed by atoms with van der Waals surface area (Å²) in [5.74, 6) is 0.389. The molecular formula is C19H30O5. The minimum atomic E-state index is -0.313. The quantitative estimate of drug-likeness (QED) is 0.584. The zero-order valence-electron chi connectivity index (χ0n) is 15.6. The number of hydrogen-bond acceptors (Lipinski definition) is 5. The van der Waals surface area contributed by atoms with Gasteiger partial charge in [0.15, 0.2) is 12.6 Å². The fourth-order valence-corrected chi connectivity index (χ4v) is 5.55. The van der Waals surface area contributed by atoms with Crippen molar-refractivity contribution in [3.63, 3.8) is 0 Å². The van der Waals surface area contributed by atoms with Crippen molar-refractivity contribution in [2.75, 3.05) is 14.2 Å². The van der Waals surface area contributed by atoms with Crippen molar-refractivity contribution < 1.29 is 23.7 Å². The van der Waals surface area contributed by atoms with E-state index in [-0.39, 0.29) is 41.4 Å². The molecule has 3 aliphatic rings. The van der Waals surface area contributed by atoms with Gasteiger partial charge in [0, 0.05) is 32.5 Å². The summed E-state index contributed by atoms with van der Waals surface area (Å²) >= 11 is 0. The van der Waals surface area contributed by atoms with Gasteiger partial charge in [-0.25, -0.2) is 0 Å². The number of esters is 1. The molecule has 0 spiro atoms. The summed E-state index contributed by atoms with van der Waals surface area (Å²) in [6.07, 6.45) is 4.44. The molecule has 3 rings (SSSR count). The number of allylic oxidation sites excluding steroid dienone is 1. The Hall–Kier alpha value is -0.910. The fourth-order valence-electron chi connectivity index (χ4n) is 5.55. The Balaban J connectivity index is 1.97. The summed E-state index contributed by atoms with van der Waals surface area (Å²) in [6, 6.07) is 0. The number of fused-ring (bicyclic) bond motifs is 3. The second-order valence-electron chi connectivity index (χ2n) is 8.24. The summed E-state index contributed by atoms with van der Waals surface area (Å²) < 4.78 is 22.8. The van der Waals surface area contributed by atoms with E-state index in [0.717, 1.165) is 19.3 Å². The van der Waals surface area contributed by atoms with Gasteiger partial charge in [-0.15, -0.1) is 0 Å². The molecule has 1 heterocycles. The Morgan fingerprint density at radius 2 is 1.96 bits per heavy atom. The minimum absolute atomic E-state index is 0.0374. The Labute approximate surface area is 144 Å². The van der Waals surface area contributed by atoms with Crippen molar-refractivity contribution in [2.45, 2.75) is 65.6 Å². The van der Waals surface area contributed by atoms with Gasteiger partial charge in [-0.05, 0) is 36.2 Å². The topological polar surface area (TPSA) is 54.0 Å². The Kier molecular flexibility index (Phi) is 4.56. The van der Waals surface area contributed by atoms with Gasteiger partial charge in [0.05, 0.1) is 0 Å². The van der Waals surface area contributed by atoms with Gasteiger partial charge in [-0.3, -0.25) is 4.79 Å². The molecule has 0 amide bonds. The first-order valence-electron chi connectivity index (χ1n) is 8.84. The molecule has 2 fully saturated rings. The number of ether oxygens (including phenoxy) is 4. The minimum Gasteiger partial charge on any atom is -0.462 e. The van der Waals surface area contributed by atoms with E-state index in [2.05, 4.69) is 26.8 Å². The third-order valence-corrected chi connectivity index (χ3v) is 6.68. The fraction of sp³-hybridized carbons (Fsp3) is 0.842. The maximum atomic E-state index is 11.5. The van der Waals surface area contributed by atoms with Crippen LogP contribution in [0.1, 0.15) is 47.0 Å². The third kappa shape index (κ3) is 2.52. The first-order chi connectivity index (χ1) is 11.3. The molecule has 2 aliphatic carbocycles. The largest absolute Gasteiger partial charge is 0.462 e. The van der Waals surface area contributed by atoms with Crippen LogP contribution in [0.4, 0.5) is 0 Å². The maximum Gasteiger partial charge on any atom is 0.302 e. The van der Waals surface area contributed by atoms with E-state index in [1.807, 2.05) is 0 Å². The number of rotatable bonds is 3. The van der Waals surface area contributed by atoms with Crippen molar-refractivity contribution in [1.29, 1.82) is 0 Å². The molecule has 5 heteroatoms. The Morgan fingerprint density at radius 1 is 1.25 bits per heavy atom. The highest BCUT2D eigenvalue weighted by molar-refractivity contribution is 5.66. The molecule has 0 bridgehead atoms. The first kappa shape index (κ1) is 17.9. The van der Waals surface area contributed by atoms with Crippen molar-refractivity contribution in [1.82, 2.24) is 0 Å². The average Bonchev–Trinajstić information content (AvgIpc) is 2.89. The second kappa shape index (κ2) is 6.11. The summed E-state index contributed by atoms with van der Waals surface area (Å²) in [5.41, 5.74) is 1.16. The molecule has 136 valence electrons. The van der Waals surface area contributed by atoms with Crippen LogP contribution >= 0.6 is 0 Å². The standard InChI is InChI=1S/C19H30O5/c1-11(20)23-14-9-10-19(4)13(18(14,2)3)8-7-12-15(19)17(22-6)24-16(12)21-5/h7,13-17H,8-10H2,1-6H3/t13?,14-,15+,16-,17+,19-/m0/s1. The molecule has 0 aromatic carbocycles. The lowest BCUT2D eigenvalue weighted by Crippen LogP contribution is -2.56. The molecule has 1 saturated carbocycles. The molecule has 5 nitrogen and oxygen atoms in total. The first-order valence-corrected chi connectivity index (χ1v) is 8.84. The van der Waals surface area contributed by atoms with Crippen LogP contribution in [-0.4, -0.2) is 38.9 Å². The van der Waals surface area contributed by atoms with Gasteiger partial charge in [0.2, 0.25) is 0 Å². The van der Waals surface area contributed by atoms with Crippen LogP contribution in [-0.2, 0) is 23.7 Å². The monoisotopic (exact) mass is 338 g/mol. The van der Waals surface area contributed by atoms with Crippen molar-refractivity contribution in [3.8, 4) is 0 Å². The molecule has 0 aromatic heterocycles. The van der Waals surface area contributed by atoms with Gasteiger partial charge in [0.1, 0.15) is 6.10 Å². The smallest absolute Gasteiger partial charge is 0.302 e. The van der Waals surface area contributed by atoms with Crippen LogP contribution in [0.25, 0.3) is 0 Å². The van der Waals surface area contributed by atoms with Crippen LogP contribution in [0.2, 0.25) is 0 Å². The van der Waals surface area contributed by atoms with Gasteiger partial charge < -0.3 is 18.9 Å². The van der Waals surface area contributed by atoms with Crippen molar-refractivity contribution >= 4 is 5.97 Å². The zero-order valence-corrected chi connectivity index (χ0v) is 15.6. The number of hydrogen-bond donors (Lipinski definition) is 0. The molecule has 1 aliphatic heterocycles. The van der Waals surface area contributed by atoms with Crippen LogP contribution in [0, 0.1) is 22.7 Å². The molecule has 1 unspecified atom stereocenters. The summed E-state index contributed by atoms with van der Waals surface area (Å²) in [4.78, 5) is 11.5. The van der Waals surface area contributed by atoms with E-state index >= 15 is 0 Å². The van der Waals surface area contributed by atoms with Crippen LogP contribution in [0.15, 0.2) is 11.6 Å². The lowest BCUT2D eigenvalue weighted by Gasteiger charge is -2.58.